The van der Waals surface area contributed by atoms with Gasteiger partial charge in [0.05, 0.1) is 21.3 Å². The Morgan fingerprint density at radius 3 is 1.67 bits per heavy atom. The van der Waals surface area contributed by atoms with Gasteiger partial charge < -0.3 is 14.2 Å². The SMILES string of the molecule is COc1cc([C@@H](Cl)C(Cl)(Cl)Cl)cc(OC)c1OC. The third-order valence-corrected chi connectivity index (χ3v) is 3.84. The first-order chi connectivity index (χ1) is 8.35. The van der Waals surface area contributed by atoms with Crippen molar-refractivity contribution in [3.63, 3.8) is 0 Å². The number of hydrogen-bond donors (Lipinski definition) is 0. The average Bonchev–Trinajstić information content (AvgIpc) is 2.34. The van der Waals surface area contributed by atoms with Gasteiger partial charge in [-0.3, -0.25) is 0 Å². The van der Waals surface area contributed by atoms with Crippen LogP contribution in [0.25, 0.3) is 0 Å². The molecule has 1 rings (SSSR count). The molecule has 0 aliphatic heterocycles. The fraction of sp³-hybridized carbons (Fsp3) is 0.455. The first kappa shape index (κ1) is 15.8. The van der Waals surface area contributed by atoms with Crippen molar-refractivity contribution >= 4 is 46.4 Å². The Kier molecular flexibility index (Phi) is 5.53. The van der Waals surface area contributed by atoms with E-state index in [0.717, 1.165) is 0 Å². The third-order valence-electron chi connectivity index (χ3n) is 2.27. The van der Waals surface area contributed by atoms with Crippen molar-refractivity contribution in [3.8, 4) is 17.2 Å². The lowest BCUT2D eigenvalue weighted by Crippen LogP contribution is -2.12. The van der Waals surface area contributed by atoms with Gasteiger partial charge in [-0.05, 0) is 17.7 Å². The van der Waals surface area contributed by atoms with E-state index >= 15 is 0 Å². The van der Waals surface area contributed by atoms with Crippen molar-refractivity contribution in [3.05, 3.63) is 17.7 Å². The molecule has 3 nitrogen and oxygen atoms in total. The highest BCUT2D eigenvalue weighted by Crippen LogP contribution is 2.48. The maximum atomic E-state index is 6.09. The second-order valence-electron chi connectivity index (χ2n) is 3.36. The van der Waals surface area contributed by atoms with E-state index in [1.807, 2.05) is 0 Å². The molecule has 0 unspecified atom stereocenters. The standard InChI is InChI=1S/C11H12Cl4O3/c1-16-7-4-6(10(12)11(13,14)15)5-8(17-2)9(7)18-3/h4-5,10H,1-3H3/t10-/m1/s1. The van der Waals surface area contributed by atoms with Crippen LogP contribution in [0.15, 0.2) is 12.1 Å². The Labute approximate surface area is 126 Å². The van der Waals surface area contributed by atoms with Gasteiger partial charge >= 0.3 is 0 Å². The molecule has 0 bridgehead atoms. The van der Waals surface area contributed by atoms with Crippen molar-refractivity contribution in [1.29, 1.82) is 0 Å². The molecule has 0 aromatic heterocycles. The lowest BCUT2D eigenvalue weighted by atomic mass is 10.1. The molecule has 1 aromatic carbocycles. The van der Waals surface area contributed by atoms with Crippen molar-refractivity contribution in [1.82, 2.24) is 0 Å². The highest BCUT2D eigenvalue weighted by Gasteiger charge is 2.33. The number of methoxy groups -OCH3 is 3. The Morgan fingerprint density at radius 1 is 0.944 bits per heavy atom. The second-order valence-corrected chi connectivity index (χ2v) is 6.17. The Hall–Kier alpha value is -0.220. The molecule has 0 heterocycles. The molecule has 0 radical (unpaired) electrons. The molecule has 0 aliphatic rings. The van der Waals surface area contributed by atoms with E-state index in [4.69, 9.17) is 60.6 Å². The number of ether oxygens (including phenoxy) is 3. The van der Waals surface area contributed by atoms with Crippen LogP contribution < -0.4 is 14.2 Å². The van der Waals surface area contributed by atoms with Crippen LogP contribution in [0, 0.1) is 0 Å². The molecular formula is C11H12Cl4O3. The molecule has 102 valence electrons. The Balaban J connectivity index is 3.32. The lowest BCUT2D eigenvalue weighted by molar-refractivity contribution is 0.323. The second kappa shape index (κ2) is 6.29. The van der Waals surface area contributed by atoms with Crippen molar-refractivity contribution in [2.45, 2.75) is 9.17 Å². The fourth-order valence-electron chi connectivity index (χ4n) is 1.44. The number of rotatable bonds is 4. The van der Waals surface area contributed by atoms with Crippen molar-refractivity contribution in [2.75, 3.05) is 21.3 Å². The fourth-order valence-corrected chi connectivity index (χ4v) is 1.94. The molecule has 0 aliphatic carbocycles. The van der Waals surface area contributed by atoms with Crippen LogP contribution in [-0.4, -0.2) is 25.1 Å². The maximum absolute atomic E-state index is 6.09. The van der Waals surface area contributed by atoms with Crippen LogP contribution in [0.5, 0.6) is 17.2 Å². The molecule has 7 heteroatoms. The number of alkyl halides is 4. The van der Waals surface area contributed by atoms with E-state index < -0.39 is 9.17 Å². The molecule has 1 aromatic rings. The van der Waals surface area contributed by atoms with Gasteiger partial charge in [-0.15, -0.1) is 11.6 Å². The summed E-state index contributed by atoms with van der Waals surface area (Å²) in [4.78, 5) is 0. The minimum atomic E-state index is -1.63. The minimum Gasteiger partial charge on any atom is -0.493 e. The maximum Gasteiger partial charge on any atom is 0.210 e. The molecule has 0 spiro atoms. The zero-order valence-corrected chi connectivity index (χ0v) is 13.0. The molecule has 0 saturated carbocycles. The predicted molar refractivity (Wildman–Crippen MR) is 75.0 cm³/mol. The lowest BCUT2D eigenvalue weighted by Gasteiger charge is -2.21. The van der Waals surface area contributed by atoms with Gasteiger partial charge in [0.15, 0.2) is 11.5 Å². The van der Waals surface area contributed by atoms with Crippen LogP contribution in [0.3, 0.4) is 0 Å². The summed E-state index contributed by atoms with van der Waals surface area (Å²) in [7, 11) is 4.51. The van der Waals surface area contributed by atoms with Gasteiger partial charge in [-0.1, -0.05) is 34.8 Å². The minimum absolute atomic E-state index is 0.451. The summed E-state index contributed by atoms with van der Waals surface area (Å²) in [6.07, 6.45) is 0. The summed E-state index contributed by atoms with van der Waals surface area (Å²) in [6, 6.07) is 3.28. The van der Waals surface area contributed by atoms with Crippen LogP contribution >= 0.6 is 46.4 Å². The molecule has 1 atom stereocenters. The number of hydrogen-bond acceptors (Lipinski definition) is 3. The van der Waals surface area contributed by atoms with Gasteiger partial charge in [0.25, 0.3) is 0 Å². The largest absolute Gasteiger partial charge is 0.493 e. The normalized spacial score (nSPS) is 13.1. The van der Waals surface area contributed by atoms with Crippen molar-refractivity contribution in [2.24, 2.45) is 0 Å². The summed E-state index contributed by atoms with van der Waals surface area (Å²) in [5.41, 5.74) is 0.561. The van der Waals surface area contributed by atoms with E-state index in [-0.39, 0.29) is 0 Å². The van der Waals surface area contributed by atoms with Gasteiger partial charge in [0, 0.05) is 0 Å². The van der Waals surface area contributed by atoms with Crippen LogP contribution in [0.4, 0.5) is 0 Å². The summed E-state index contributed by atoms with van der Waals surface area (Å²) in [5, 5.41) is -0.837. The topological polar surface area (TPSA) is 27.7 Å². The zero-order chi connectivity index (χ0) is 13.9. The van der Waals surface area contributed by atoms with Gasteiger partial charge in [-0.25, -0.2) is 0 Å². The van der Waals surface area contributed by atoms with Crippen LogP contribution in [-0.2, 0) is 0 Å². The molecule has 0 saturated heterocycles. The highest BCUT2D eigenvalue weighted by atomic mass is 35.6. The predicted octanol–water partition coefficient (Wildman–Crippen LogP) is 4.36. The Bertz CT molecular complexity index is 392. The summed E-state index contributed by atoms with van der Waals surface area (Å²) in [6.45, 7) is 0. The smallest absolute Gasteiger partial charge is 0.210 e. The first-order valence-electron chi connectivity index (χ1n) is 4.85. The van der Waals surface area contributed by atoms with Crippen molar-refractivity contribution < 1.29 is 14.2 Å². The average molecular weight is 334 g/mol. The van der Waals surface area contributed by atoms with Gasteiger partial charge in [-0.2, -0.15) is 0 Å². The quantitative estimate of drug-likeness (QED) is 0.766. The Morgan fingerprint density at radius 2 is 1.39 bits per heavy atom. The molecule has 0 fully saturated rings. The monoisotopic (exact) mass is 332 g/mol. The first-order valence-corrected chi connectivity index (χ1v) is 6.42. The van der Waals surface area contributed by atoms with Crippen LogP contribution in [0.1, 0.15) is 10.9 Å². The number of benzene rings is 1. The highest BCUT2D eigenvalue weighted by molar-refractivity contribution is 6.70. The summed E-state index contributed by atoms with van der Waals surface area (Å²) < 4.78 is 13.9. The molecule has 0 amide bonds. The van der Waals surface area contributed by atoms with Gasteiger partial charge in [0.2, 0.25) is 9.54 Å². The molecule has 18 heavy (non-hydrogen) atoms. The summed E-state index contributed by atoms with van der Waals surface area (Å²) in [5.74, 6) is 1.36. The third kappa shape index (κ3) is 3.41. The van der Waals surface area contributed by atoms with Crippen LogP contribution in [0.2, 0.25) is 0 Å². The van der Waals surface area contributed by atoms with E-state index in [1.54, 1.807) is 12.1 Å². The van der Waals surface area contributed by atoms with E-state index in [2.05, 4.69) is 0 Å². The molecule has 0 N–H and O–H groups in total. The van der Waals surface area contributed by atoms with Gasteiger partial charge in [0.1, 0.15) is 5.38 Å². The van der Waals surface area contributed by atoms with E-state index in [9.17, 15) is 0 Å². The number of halogens is 4. The molecular weight excluding hydrogens is 322 g/mol. The van der Waals surface area contributed by atoms with E-state index in [0.29, 0.717) is 22.8 Å². The van der Waals surface area contributed by atoms with E-state index in [1.165, 1.54) is 21.3 Å². The zero-order valence-electron chi connectivity index (χ0n) is 9.97. The summed E-state index contributed by atoms with van der Waals surface area (Å²) >= 11 is 23.4.